The van der Waals surface area contributed by atoms with Crippen molar-refractivity contribution in [3.05, 3.63) is 101 Å². The van der Waals surface area contributed by atoms with Crippen LogP contribution in [0.1, 0.15) is 24.1 Å². The molecule has 2 heterocycles. The number of fused-ring (bicyclic) bond motifs is 3. The van der Waals surface area contributed by atoms with Gasteiger partial charge in [-0.3, -0.25) is 4.57 Å². The van der Waals surface area contributed by atoms with Crippen molar-refractivity contribution in [1.29, 1.82) is 0 Å². The molecule has 0 saturated heterocycles. The lowest BCUT2D eigenvalue weighted by molar-refractivity contribution is -0.138. The zero-order valence-corrected chi connectivity index (χ0v) is 17.6. The highest BCUT2D eigenvalue weighted by molar-refractivity contribution is 6.30. The highest BCUT2D eigenvalue weighted by atomic mass is 35.5. The normalized spacial score (nSPS) is 15.5. The molecule has 0 bridgehead atoms. The van der Waals surface area contributed by atoms with Crippen molar-refractivity contribution in [1.82, 2.24) is 9.55 Å². The highest BCUT2D eigenvalue weighted by Crippen LogP contribution is 2.42. The van der Waals surface area contributed by atoms with Crippen LogP contribution in [0, 0.1) is 0 Å². The Bertz CT molecular complexity index is 1310. The number of nitrogens with zero attached hydrogens (tertiary/aromatic N) is 2. The summed E-state index contributed by atoms with van der Waals surface area (Å²) in [6, 6.07) is 24.8. The molecule has 6 heteroatoms. The van der Waals surface area contributed by atoms with E-state index in [2.05, 4.69) is 5.32 Å². The van der Waals surface area contributed by atoms with Crippen LogP contribution in [0.15, 0.2) is 84.4 Å². The fourth-order valence-electron chi connectivity index (χ4n) is 4.09. The van der Waals surface area contributed by atoms with Gasteiger partial charge in [0.15, 0.2) is 0 Å². The number of nitrogens with one attached hydrogen (secondary N) is 1. The summed E-state index contributed by atoms with van der Waals surface area (Å²) in [4.78, 5) is 18.1. The summed E-state index contributed by atoms with van der Waals surface area (Å²) in [5.74, 6) is 0.292. The third-order valence-corrected chi connectivity index (χ3v) is 5.59. The molecule has 1 N–H and O–H groups in total. The van der Waals surface area contributed by atoms with Crippen LogP contribution >= 0.6 is 11.6 Å². The largest absolute Gasteiger partial charge is 0.463 e. The summed E-state index contributed by atoms with van der Waals surface area (Å²) in [6.45, 7) is 2.09. The number of anilines is 1. The number of carbonyl (C=O) groups excluding carboxylic acids is 1. The molecule has 5 nitrogen and oxygen atoms in total. The van der Waals surface area contributed by atoms with E-state index in [1.165, 1.54) is 0 Å². The maximum absolute atomic E-state index is 13.3. The van der Waals surface area contributed by atoms with Gasteiger partial charge in [0.2, 0.25) is 5.95 Å². The highest BCUT2D eigenvalue weighted by Gasteiger charge is 2.36. The molecule has 0 radical (unpaired) electrons. The van der Waals surface area contributed by atoms with Gasteiger partial charge in [-0.05, 0) is 42.3 Å². The number of carbonyl (C=O) groups is 1. The molecule has 1 unspecified atom stereocenters. The smallest absolute Gasteiger partial charge is 0.338 e. The summed E-state index contributed by atoms with van der Waals surface area (Å²) in [6.07, 6.45) is 0. The van der Waals surface area contributed by atoms with Gasteiger partial charge in [0.1, 0.15) is 0 Å². The summed E-state index contributed by atoms with van der Waals surface area (Å²) < 4.78 is 7.56. The molecule has 4 aromatic rings. The third-order valence-electron chi connectivity index (χ3n) is 5.36. The third kappa shape index (κ3) is 3.37. The number of hydrogen-bond acceptors (Lipinski definition) is 4. The van der Waals surface area contributed by atoms with Crippen LogP contribution in [-0.4, -0.2) is 22.1 Å². The molecule has 154 valence electrons. The Balaban J connectivity index is 1.84. The summed E-state index contributed by atoms with van der Waals surface area (Å²) >= 11 is 6.35. The van der Waals surface area contributed by atoms with Crippen molar-refractivity contribution in [3.8, 4) is 0 Å². The Morgan fingerprint density at radius 3 is 2.61 bits per heavy atom. The van der Waals surface area contributed by atoms with Gasteiger partial charge in [-0.25, -0.2) is 9.78 Å². The van der Waals surface area contributed by atoms with Crippen LogP contribution in [0.2, 0.25) is 5.02 Å². The van der Waals surface area contributed by atoms with Gasteiger partial charge in [-0.2, -0.15) is 0 Å². The molecule has 0 saturated carbocycles. The second kappa shape index (κ2) is 7.93. The first-order valence-electron chi connectivity index (χ1n) is 10.1. The monoisotopic (exact) mass is 429 g/mol. The minimum Gasteiger partial charge on any atom is -0.463 e. The van der Waals surface area contributed by atoms with Gasteiger partial charge in [0.25, 0.3) is 0 Å². The second-order valence-electron chi connectivity index (χ2n) is 7.25. The average Bonchev–Trinajstić information content (AvgIpc) is 3.17. The summed E-state index contributed by atoms with van der Waals surface area (Å²) in [7, 11) is 0. The molecular formula is C25H20ClN3O2. The van der Waals surface area contributed by atoms with Crippen LogP contribution in [0.25, 0.3) is 16.7 Å². The molecule has 0 aliphatic carbocycles. The topological polar surface area (TPSA) is 56.1 Å². The van der Waals surface area contributed by atoms with E-state index in [-0.39, 0.29) is 12.6 Å². The Morgan fingerprint density at radius 1 is 1.06 bits per heavy atom. The summed E-state index contributed by atoms with van der Waals surface area (Å²) in [5.41, 5.74) is 4.74. The second-order valence-corrected chi connectivity index (χ2v) is 7.69. The first-order valence-corrected chi connectivity index (χ1v) is 10.5. The lowest BCUT2D eigenvalue weighted by Gasteiger charge is -2.31. The van der Waals surface area contributed by atoms with E-state index in [0.717, 1.165) is 22.2 Å². The SMILES string of the molecule is CCOC(=O)C1=C(c2ccccc2)Nc2nc3ccccc3n2C1c1cccc(Cl)c1. The fourth-order valence-corrected chi connectivity index (χ4v) is 4.29. The van der Waals surface area contributed by atoms with Crippen LogP contribution in [0.4, 0.5) is 5.95 Å². The Labute approximate surface area is 184 Å². The van der Waals surface area contributed by atoms with E-state index in [1.54, 1.807) is 0 Å². The van der Waals surface area contributed by atoms with Gasteiger partial charge < -0.3 is 10.1 Å². The number of esters is 1. The molecule has 0 fully saturated rings. The minimum atomic E-state index is -0.448. The lowest BCUT2D eigenvalue weighted by atomic mass is 9.92. The van der Waals surface area contributed by atoms with Crippen LogP contribution < -0.4 is 5.32 Å². The number of rotatable bonds is 4. The van der Waals surface area contributed by atoms with Crippen molar-refractivity contribution in [2.24, 2.45) is 0 Å². The van der Waals surface area contributed by atoms with Crippen molar-refractivity contribution in [2.45, 2.75) is 13.0 Å². The van der Waals surface area contributed by atoms with Gasteiger partial charge in [0, 0.05) is 5.02 Å². The molecular weight excluding hydrogens is 410 g/mol. The number of para-hydroxylation sites is 2. The van der Waals surface area contributed by atoms with E-state index in [9.17, 15) is 4.79 Å². The first-order chi connectivity index (χ1) is 15.2. The van der Waals surface area contributed by atoms with Crippen molar-refractivity contribution in [3.63, 3.8) is 0 Å². The van der Waals surface area contributed by atoms with Crippen LogP contribution in [0.5, 0.6) is 0 Å². The molecule has 1 aliphatic rings. The molecule has 1 aromatic heterocycles. The first kappa shape index (κ1) is 19.4. The van der Waals surface area contributed by atoms with Crippen molar-refractivity contribution < 1.29 is 9.53 Å². The van der Waals surface area contributed by atoms with E-state index < -0.39 is 6.04 Å². The zero-order valence-electron chi connectivity index (χ0n) is 16.9. The number of halogens is 1. The molecule has 0 spiro atoms. The molecule has 5 rings (SSSR count). The van der Waals surface area contributed by atoms with Gasteiger partial charge in [0.05, 0.1) is 35.0 Å². The van der Waals surface area contributed by atoms with E-state index in [1.807, 2.05) is 90.4 Å². The predicted molar refractivity (Wildman–Crippen MR) is 123 cm³/mol. The Kier molecular flexibility index (Phi) is 4.96. The molecule has 1 aliphatic heterocycles. The number of benzene rings is 3. The minimum absolute atomic E-state index is 0.282. The predicted octanol–water partition coefficient (Wildman–Crippen LogP) is 5.68. The maximum Gasteiger partial charge on any atom is 0.338 e. The molecule has 31 heavy (non-hydrogen) atoms. The molecule has 1 atom stereocenters. The summed E-state index contributed by atoms with van der Waals surface area (Å²) in [5, 5.41) is 4.01. The van der Waals surface area contributed by atoms with Crippen LogP contribution in [-0.2, 0) is 9.53 Å². The average molecular weight is 430 g/mol. The van der Waals surface area contributed by atoms with Gasteiger partial charge in [-0.15, -0.1) is 0 Å². The number of imidazole rings is 1. The maximum atomic E-state index is 13.3. The quantitative estimate of drug-likeness (QED) is 0.424. The lowest BCUT2D eigenvalue weighted by Crippen LogP contribution is -2.29. The van der Waals surface area contributed by atoms with Crippen molar-refractivity contribution in [2.75, 3.05) is 11.9 Å². The molecule has 0 amide bonds. The Hall–Kier alpha value is -3.57. The fraction of sp³-hybridized carbons (Fsp3) is 0.120. The van der Waals surface area contributed by atoms with E-state index in [0.29, 0.717) is 22.2 Å². The van der Waals surface area contributed by atoms with Crippen molar-refractivity contribution >= 4 is 40.2 Å². The molecule has 3 aromatic carbocycles. The number of ether oxygens (including phenoxy) is 1. The van der Waals surface area contributed by atoms with Gasteiger partial charge >= 0.3 is 5.97 Å². The van der Waals surface area contributed by atoms with E-state index >= 15 is 0 Å². The van der Waals surface area contributed by atoms with Crippen LogP contribution in [0.3, 0.4) is 0 Å². The van der Waals surface area contributed by atoms with Gasteiger partial charge in [-0.1, -0.05) is 66.2 Å². The Morgan fingerprint density at radius 2 is 1.84 bits per heavy atom. The standard InChI is InChI=1S/C25H20ClN3O2/c1-2-31-24(30)21-22(16-9-4-3-5-10-16)28-25-27-19-13-6-7-14-20(19)29(25)23(21)17-11-8-12-18(26)15-17/h3-15,23H,2H2,1H3,(H,27,28). The van der Waals surface area contributed by atoms with E-state index in [4.69, 9.17) is 21.3 Å². The zero-order chi connectivity index (χ0) is 21.4. The number of hydrogen-bond donors (Lipinski definition) is 1. The number of aromatic nitrogens is 2.